The SMILES string of the molecule is O=C(O)C(F)(F)F.c1cc(CNC2CC2)cc(-c2n[nH]c3ccc(-c4ncn[nH]4)cc23)c1. The average Bonchev–Trinajstić information content (AvgIpc) is 3.25. The van der Waals surface area contributed by atoms with Crippen molar-refractivity contribution in [3.8, 4) is 22.6 Å². The van der Waals surface area contributed by atoms with E-state index in [0.717, 1.165) is 40.1 Å². The molecule has 4 aromatic rings. The normalized spacial score (nSPS) is 13.6. The largest absolute Gasteiger partial charge is 0.490 e. The van der Waals surface area contributed by atoms with Gasteiger partial charge in [-0.05, 0) is 42.7 Å². The Kier molecular flexibility index (Phi) is 5.91. The molecular formula is C21H19F3N6O2. The van der Waals surface area contributed by atoms with Crippen LogP contribution in [0, 0.1) is 0 Å². The monoisotopic (exact) mass is 444 g/mol. The molecule has 11 heteroatoms. The van der Waals surface area contributed by atoms with Gasteiger partial charge in [0.15, 0.2) is 5.82 Å². The molecule has 4 N–H and O–H groups in total. The standard InChI is InChI=1S/C19H18N6.C2HF3O2/c1-2-12(10-20-15-5-6-15)8-13(3-1)18-16-9-14(19-21-11-22-25-19)4-7-17(16)23-24-18;3-2(4,5)1(6)7/h1-4,7-9,11,15,20H,5-6,10H2,(H,23,24)(H,21,22,25);(H,6,7). The average molecular weight is 444 g/mol. The fraction of sp³-hybridized carbons (Fsp3) is 0.238. The van der Waals surface area contributed by atoms with E-state index in [9.17, 15) is 13.2 Å². The third-order valence-corrected chi connectivity index (χ3v) is 4.87. The number of aromatic amines is 2. The van der Waals surface area contributed by atoms with Gasteiger partial charge in [0.25, 0.3) is 0 Å². The van der Waals surface area contributed by atoms with Crippen LogP contribution in [0.15, 0.2) is 48.8 Å². The van der Waals surface area contributed by atoms with Gasteiger partial charge in [-0.15, -0.1) is 0 Å². The molecule has 0 bridgehead atoms. The molecule has 0 aliphatic heterocycles. The first-order valence-electron chi connectivity index (χ1n) is 9.78. The van der Waals surface area contributed by atoms with E-state index >= 15 is 0 Å². The van der Waals surface area contributed by atoms with Crippen molar-refractivity contribution in [2.24, 2.45) is 0 Å². The lowest BCUT2D eigenvalue weighted by Crippen LogP contribution is -2.21. The molecule has 1 fully saturated rings. The number of alkyl halides is 3. The van der Waals surface area contributed by atoms with Crippen LogP contribution >= 0.6 is 0 Å². The number of rotatable bonds is 5. The van der Waals surface area contributed by atoms with Gasteiger partial charge < -0.3 is 10.4 Å². The molecule has 0 saturated heterocycles. The second kappa shape index (κ2) is 8.79. The summed E-state index contributed by atoms with van der Waals surface area (Å²) in [5.41, 5.74) is 5.38. The molecule has 1 saturated carbocycles. The minimum atomic E-state index is -5.08. The summed E-state index contributed by atoms with van der Waals surface area (Å²) in [6.07, 6.45) is -0.964. The topological polar surface area (TPSA) is 120 Å². The van der Waals surface area contributed by atoms with Crippen molar-refractivity contribution in [3.05, 3.63) is 54.4 Å². The second-order valence-corrected chi connectivity index (χ2v) is 7.33. The van der Waals surface area contributed by atoms with Crippen LogP contribution in [0.5, 0.6) is 0 Å². The number of aromatic nitrogens is 5. The van der Waals surface area contributed by atoms with Gasteiger partial charge in [-0.2, -0.15) is 23.4 Å². The van der Waals surface area contributed by atoms with E-state index in [1.54, 1.807) is 0 Å². The van der Waals surface area contributed by atoms with Gasteiger partial charge in [-0.25, -0.2) is 9.78 Å². The number of benzene rings is 2. The van der Waals surface area contributed by atoms with Crippen LogP contribution < -0.4 is 5.32 Å². The number of aliphatic carboxylic acids is 1. The Morgan fingerprint density at radius 1 is 1.12 bits per heavy atom. The smallest absolute Gasteiger partial charge is 0.475 e. The summed E-state index contributed by atoms with van der Waals surface area (Å²) in [4.78, 5) is 13.1. The zero-order valence-corrected chi connectivity index (χ0v) is 16.6. The predicted molar refractivity (Wildman–Crippen MR) is 110 cm³/mol. The summed E-state index contributed by atoms with van der Waals surface area (Å²) in [6.45, 7) is 0.907. The van der Waals surface area contributed by atoms with Gasteiger partial charge in [0.05, 0.1) is 11.2 Å². The third kappa shape index (κ3) is 5.11. The molecule has 0 unspecified atom stereocenters. The van der Waals surface area contributed by atoms with Gasteiger partial charge in [0.2, 0.25) is 0 Å². The van der Waals surface area contributed by atoms with Crippen LogP contribution in [0.4, 0.5) is 13.2 Å². The molecule has 2 heterocycles. The summed E-state index contributed by atoms with van der Waals surface area (Å²) < 4.78 is 31.7. The van der Waals surface area contributed by atoms with E-state index in [-0.39, 0.29) is 0 Å². The van der Waals surface area contributed by atoms with Crippen molar-refractivity contribution in [2.75, 3.05) is 0 Å². The van der Waals surface area contributed by atoms with E-state index in [1.807, 2.05) is 12.1 Å². The Bertz CT molecular complexity index is 1220. The van der Waals surface area contributed by atoms with E-state index in [1.165, 1.54) is 24.7 Å². The lowest BCUT2D eigenvalue weighted by molar-refractivity contribution is -0.192. The minimum Gasteiger partial charge on any atom is -0.475 e. The van der Waals surface area contributed by atoms with Gasteiger partial charge >= 0.3 is 12.1 Å². The molecule has 166 valence electrons. The van der Waals surface area contributed by atoms with Crippen LogP contribution in [0.25, 0.3) is 33.5 Å². The molecule has 32 heavy (non-hydrogen) atoms. The fourth-order valence-corrected chi connectivity index (χ4v) is 3.10. The maximum Gasteiger partial charge on any atom is 0.490 e. The van der Waals surface area contributed by atoms with Crippen molar-refractivity contribution < 1.29 is 23.1 Å². The predicted octanol–water partition coefficient (Wildman–Crippen LogP) is 3.90. The molecule has 0 amide bonds. The third-order valence-electron chi connectivity index (χ3n) is 4.87. The number of nitrogens with zero attached hydrogens (tertiary/aromatic N) is 3. The van der Waals surface area contributed by atoms with Gasteiger partial charge in [-0.1, -0.05) is 18.2 Å². The molecule has 1 aliphatic rings. The minimum absolute atomic E-state index is 0.708. The highest BCUT2D eigenvalue weighted by Gasteiger charge is 2.38. The number of hydrogen-bond donors (Lipinski definition) is 4. The Hall–Kier alpha value is -3.73. The quantitative estimate of drug-likeness (QED) is 0.371. The Labute approximate surface area is 179 Å². The molecule has 5 rings (SSSR count). The first-order valence-corrected chi connectivity index (χ1v) is 9.78. The Balaban J connectivity index is 0.000000307. The van der Waals surface area contributed by atoms with Crippen molar-refractivity contribution in [2.45, 2.75) is 31.6 Å². The van der Waals surface area contributed by atoms with E-state index in [2.05, 4.69) is 61.0 Å². The summed E-state index contributed by atoms with van der Waals surface area (Å²) in [5, 5.41) is 26.3. The highest BCUT2D eigenvalue weighted by atomic mass is 19.4. The second-order valence-electron chi connectivity index (χ2n) is 7.33. The molecule has 2 aromatic carbocycles. The number of hydrogen-bond acceptors (Lipinski definition) is 5. The van der Waals surface area contributed by atoms with E-state index in [0.29, 0.717) is 6.04 Å². The van der Waals surface area contributed by atoms with Crippen molar-refractivity contribution in [3.63, 3.8) is 0 Å². The Morgan fingerprint density at radius 2 is 1.91 bits per heavy atom. The maximum absolute atomic E-state index is 10.6. The van der Waals surface area contributed by atoms with Gasteiger partial charge in [0.1, 0.15) is 6.33 Å². The first-order chi connectivity index (χ1) is 15.3. The van der Waals surface area contributed by atoms with E-state index < -0.39 is 12.1 Å². The first kappa shape index (κ1) is 21.5. The summed E-state index contributed by atoms with van der Waals surface area (Å²) in [5.74, 6) is -2.00. The van der Waals surface area contributed by atoms with Crippen LogP contribution in [-0.2, 0) is 11.3 Å². The summed E-state index contributed by atoms with van der Waals surface area (Å²) >= 11 is 0. The zero-order valence-electron chi connectivity index (χ0n) is 16.6. The number of H-pyrrole nitrogens is 2. The molecule has 2 aromatic heterocycles. The van der Waals surface area contributed by atoms with Crippen LogP contribution in [0.2, 0.25) is 0 Å². The number of carboxylic acids is 1. The summed E-state index contributed by atoms with van der Waals surface area (Å²) in [6, 6.07) is 15.4. The van der Waals surface area contributed by atoms with Crippen LogP contribution in [0.3, 0.4) is 0 Å². The lowest BCUT2D eigenvalue weighted by atomic mass is 10.0. The number of carbonyl (C=O) groups is 1. The van der Waals surface area contributed by atoms with Crippen molar-refractivity contribution in [1.82, 2.24) is 30.7 Å². The molecule has 0 atom stereocenters. The fourth-order valence-electron chi connectivity index (χ4n) is 3.10. The molecule has 8 nitrogen and oxygen atoms in total. The Morgan fingerprint density at radius 3 is 2.56 bits per heavy atom. The highest BCUT2D eigenvalue weighted by Crippen LogP contribution is 2.30. The number of carboxylic acid groups (broad SMARTS) is 1. The van der Waals surface area contributed by atoms with Crippen LogP contribution in [0.1, 0.15) is 18.4 Å². The number of fused-ring (bicyclic) bond motifs is 1. The number of halogens is 3. The molecule has 0 spiro atoms. The summed E-state index contributed by atoms with van der Waals surface area (Å²) in [7, 11) is 0. The van der Waals surface area contributed by atoms with Gasteiger partial charge in [0, 0.05) is 29.1 Å². The van der Waals surface area contributed by atoms with Crippen molar-refractivity contribution in [1.29, 1.82) is 0 Å². The number of nitrogens with one attached hydrogen (secondary N) is 3. The lowest BCUT2D eigenvalue weighted by Gasteiger charge is -2.05. The van der Waals surface area contributed by atoms with Crippen LogP contribution in [-0.4, -0.2) is 48.7 Å². The zero-order chi connectivity index (χ0) is 22.7. The van der Waals surface area contributed by atoms with Crippen molar-refractivity contribution >= 4 is 16.9 Å². The van der Waals surface area contributed by atoms with Gasteiger partial charge in [-0.3, -0.25) is 10.2 Å². The maximum atomic E-state index is 10.6. The highest BCUT2D eigenvalue weighted by molar-refractivity contribution is 5.95. The molecular weight excluding hydrogens is 425 g/mol. The molecule has 1 aliphatic carbocycles. The van der Waals surface area contributed by atoms with E-state index in [4.69, 9.17) is 9.90 Å². The molecule has 0 radical (unpaired) electrons.